The van der Waals surface area contributed by atoms with E-state index in [9.17, 15) is 9.59 Å². The van der Waals surface area contributed by atoms with E-state index in [-0.39, 0.29) is 29.4 Å². The summed E-state index contributed by atoms with van der Waals surface area (Å²) in [6, 6.07) is 6.08. The molecule has 1 saturated carbocycles. The summed E-state index contributed by atoms with van der Waals surface area (Å²) in [5, 5.41) is 0. The van der Waals surface area contributed by atoms with Crippen LogP contribution in [0, 0.1) is 5.41 Å². The van der Waals surface area contributed by atoms with E-state index in [4.69, 9.17) is 4.74 Å². The molecule has 1 aromatic heterocycles. The van der Waals surface area contributed by atoms with Crippen molar-refractivity contribution in [3.8, 4) is 0 Å². The maximum atomic E-state index is 12.4. The lowest BCUT2D eigenvalue weighted by molar-refractivity contribution is -0.145. The monoisotopic (exact) mass is 345 g/mol. The van der Waals surface area contributed by atoms with Gasteiger partial charge in [-0.1, -0.05) is 6.07 Å². The van der Waals surface area contributed by atoms with Gasteiger partial charge in [0, 0.05) is 19.2 Å². The SMILES string of the molecule is COC(=O)CN1C[C@]2(CC[C@@](c3ccccn3)(N(C)C)CC2)CC1=O. The third-order valence-electron chi connectivity index (χ3n) is 6.09. The highest BCUT2D eigenvalue weighted by Gasteiger charge is 2.50. The van der Waals surface area contributed by atoms with Crippen LogP contribution in [0.2, 0.25) is 0 Å². The fraction of sp³-hybridized carbons (Fsp3) is 0.632. The van der Waals surface area contributed by atoms with E-state index in [2.05, 4.69) is 30.0 Å². The Hall–Kier alpha value is -1.95. The van der Waals surface area contributed by atoms with Crippen molar-refractivity contribution >= 4 is 11.9 Å². The molecule has 6 nitrogen and oxygen atoms in total. The molecular formula is C19H27N3O3. The summed E-state index contributed by atoms with van der Waals surface area (Å²) in [5.41, 5.74) is 1.01. The van der Waals surface area contributed by atoms with Gasteiger partial charge < -0.3 is 9.64 Å². The second-order valence-corrected chi connectivity index (χ2v) is 7.64. The third kappa shape index (κ3) is 3.27. The fourth-order valence-corrected chi connectivity index (χ4v) is 4.45. The molecule has 25 heavy (non-hydrogen) atoms. The van der Waals surface area contributed by atoms with Crippen LogP contribution in [-0.4, -0.2) is 61.0 Å². The molecule has 6 heteroatoms. The number of rotatable bonds is 4. The van der Waals surface area contributed by atoms with Gasteiger partial charge in [0.1, 0.15) is 6.54 Å². The van der Waals surface area contributed by atoms with Gasteiger partial charge in [0.05, 0.1) is 18.3 Å². The van der Waals surface area contributed by atoms with Crippen LogP contribution in [0.1, 0.15) is 37.8 Å². The molecule has 0 unspecified atom stereocenters. The predicted molar refractivity (Wildman–Crippen MR) is 93.7 cm³/mol. The highest BCUT2D eigenvalue weighted by molar-refractivity contribution is 5.84. The number of aromatic nitrogens is 1. The van der Waals surface area contributed by atoms with Crippen molar-refractivity contribution < 1.29 is 14.3 Å². The molecule has 1 aliphatic heterocycles. The summed E-state index contributed by atoms with van der Waals surface area (Å²) in [4.78, 5) is 32.4. The molecule has 0 bridgehead atoms. The van der Waals surface area contributed by atoms with Crippen LogP contribution in [0.25, 0.3) is 0 Å². The van der Waals surface area contributed by atoms with Crippen molar-refractivity contribution in [1.29, 1.82) is 0 Å². The van der Waals surface area contributed by atoms with E-state index in [0.29, 0.717) is 13.0 Å². The normalized spacial score (nSPS) is 29.4. The first-order valence-corrected chi connectivity index (χ1v) is 8.84. The topological polar surface area (TPSA) is 62.7 Å². The first-order chi connectivity index (χ1) is 11.9. The Balaban J connectivity index is 1.74. The number of nitrogens with zero attached hydrogens (tertiary/aromatic N) is 3. The number of amides is 1. The Morgan fingerprint density at radius 2 is 2.00 bits per heavy atom. The van der Waals surface area contributed by atoms with Gasteiger partial charge in [-0.2, -0.15) is 0 Å². The van der Waals surface area contributed by atoms with Gasteiger partial charge in [-0.25, -0.2) is 0 Å². The summed E-state index contributed by atoms with van der Waals surface area (Å²) in [6.07, 6.45) is 6.25. The van der Waals surface area contributed by atoms with Crippen LogP contribution in [0.5, 0.6) is 0 Å². The smallest absolute Gasteiger partial charge is 0.325 e. The van der Waals surface area contributed by atoms with Crippen LogP contribution in [0.15, 0.2) is 24.4 Å². The lowest BCUT2D eigenvalue weighted by Gasteiger charge is -2.48. The molecular weight excluding hydrogens is 318 g/mol. The third-order valence-corrected chi connectivity index (χ3v) is 6.09. The van der Waals surface area contributed by atoms with Gasteiger partial charge >= 0.3 is 5.97 Å². The zero-order valence-corrected chi connectivity index (χ0v) is 15.3. The number of methoxy groups -OCH3 is 1. The summed E-state index contributed by atoms with van der Waals surface area (Å²) in [7, 11) is 5.57. The Bertz CT molecular complexity index is 637. The van der Waals surface area contributed by atoms with Crippen LogP contribution in [-0.2, 0) is 19.9 Å². The number of carbonyl (C=O) groups is 2. The Kier molecular flexibility index (Phi) is 4.82. The molecule has 1 spiro atoms. The number of ether oxygens (including phenoxy) is 1. The number of hydrogen-bond donors (Lipinski definition) is 0. The number of hydrogen-bond acceptors (Lipinski definition) is 5. The Morgan fingerprint density at radius 1 is 1.28 bits per heavy atom. The number of pyridine rings is 1. The molecule has 0 aromatic carbocycles. The Morgan fingerprint density at radius 3 is 2.56 bits per heavy atom. The van der Waals surface area contributed by atoms with Crippen molar-refractivity contribution in [1.82, 2.24) is 14.8 Å². The average Bonchev–Trinajstić information content (AvgIpc) is 2.91. The summed E-state index contributed by atoms with van der Waals surface area (Å²) in [5.74, 6) is -0.280. The average molecular weight is 345 g/mol. The minimum Gasteiger partial charge on any atom is -0.468 e. The quantitative estimate of drug-likeness (QED) is 0.779. The molecule has 3 rings (SSSR count). The molecule has 2 aliphatic rings. The van der Waals surface area contributed by atoms with Crippen LogP contribution in [0.3, 0.4) is 0 Å². The van der Waals surface area contributed by atoms with Gasteiger partial charge in [-0.3, -0.25) is 19.5 Å². The second-order valence-electron chi connectivity index (χ2n) is 7.64. The van der Waals surface area contributed by atoms with E-state index < -0.39 is 0 Å². The minimum absolute atomic E-state index is 0.0145. The highest BCUT2D eigenvalue weighted by Crippen LogP contribution is 2.51. The highest BCUT2D eigenvalue weighted by atomic mass is 16.5. The van der Waals surface area contributed by atoms with Gasteiger partial charge in [-0.15, -0.1) is 0 Å². The van der Waals surface area contributed by atoms with Gasteiger partial charge in [-0.05, 0) is 57.3 Å². The van der Waals surface area contributed by atoms with Crippen molar-refractivity contribution in [2.45, 2.75) is 37.6 Å². The van der Waals surface area contributed by atoms with Crippen molar-refractivity contribution in [3.63, 3.8) is 0 Å². The van der Waals surface area contributed by atoms with Crippen LogP contribution in [0.4, 0.5) is 0 Å². The first kappa shape index (κ1) is 17.9. The van der Waals surface area contributed by atoms with E-state index in [0.717, 1.165) is 31.4 Å². The number of carbonyl (C=O) groups excluding carboxylic acids is 2. The summed E-state index contributed by atoms with van der Waals surface area (Å²) in [6.45, 7) is 0.725. The first-order valence-electron chi connectivity index (χ1n) is 8.84. The van der Waals surface area contributed by atoms with Crippen molar-refractivity contribution in [2.24, 2.45) is 5.41 Å². The Labute approximate surface area is 149 Å². The fourth-order valence-electron chi connectivity index (χ4n) is 4.45. The van der Waals surface area contributed by atoms with E-state index in [1.165, 1.54) is 7.11 Å². The molecule has 0 atom stereocenters. The van der Waals surface area contributed by atoms with E-state index >= 15 is 0 Å². The second kappa shape index (κ2) is 6.75. The molecule has 1 amide bonds. The standard InChI is InChI=1S/C19H27N3O3/c1-21(2)19(15-6-4-5-11-20-15)9-7-18(8-10-19)12-16(23)22(14-18)13-17(24)25-3/h4-6,11H,7-10,12-14H2,1-3H3/t18-,19+. The van der Waals surface area contributed by atoms with E-state index in [1.54, 1.807) is 4.90 Å². The predicted octanol–water partition coefficient (Wildman–Crippen LogP) is 1.80. The number of likely N-dealkylation sites (tertiary alicyclic amines) is 1. The van der Waals surface area contributed by atoms with Gasteiger partial charge in [0.2, 0.25) is 5.91 Å². The maximum Gasteiger partial charge on any atom is 0.325 e. The largest absolute Gasteiger partial charge is 0.468 e. The van der Waals surface area contributed by atoms with Crippen molar-refractivity contribution in [2.75, 3.05) is 34.3 Å². The molecule has 1 saturated heterocycles. The van der Waals surface area contributed by atoms with Crippen LogP contribution >= 0.6 is 0 Å². The summed E-state index contributed by atoms with van der Waals surface area (Å²) < 4.78 is 4.71. The van der Waals surface area contributed by atoms with Gasteiger partial charge in [0.15, 0.2) is 0 Å². The molecule has 2 heterocycles. The van der Waals surface area contributed by atoms with Crippen molar-refractivity contribution in [3.05, 3.63) is 30.1 Å². The molecule has 0 N–H and O–H groups in total. The molecule has 136 valence electrons. The maximum absolute atomic E-state index is 12.4. The number of esters is 1. The lowest BCUT2D eigenvalue weighted by Crippen LogP contribution is -2.48. The minimum atomic E-state index is -0.350. The molecule has 0 radical (unpaired) electrons. The zero-order valence-electron chi connectivity index (χ0n) is 15.3. The molecule has 1 aromatic rings. The zero-order chi connectivity index (χ0) is 18.1. The van der Waals surface area contributed by atoms with Gasteiger partial charge in [0.25, 0.3) is 0 Å². The molecule has 1 aliphatic carbocycles. The lowest BCUT2D eigenvalue weighted by atomic mass is 9.65. The van der Waals surface area contributed by atoms with E-state index in [1.807, 2.05) is 18.3 Å². The summed E-state index contributed by atoms with van der Waals surface area (Å²) >= 11 is 0. The van der Waals surface area contributed by atoms with Crippen LogP contribution < -0.4 is 0 Å². The molecule has 2 fully saturated rings.